The molecule has 2 aromatic rings. The Balaban J connectivity index is 1.44. The zero-order valence-corrected chi connectivity index (χ0v) is 15.8. The number of furan rings is 1. The molecule has 1 atom stereocenters. The van der Waals surface area contributed by atoms with Gasteiger partial charge in [0.2, 0.25) is 5.91 Å². The fraction of sp³-hybridized carbons (Fsp3) is 0.300. The molecule has 0 spiro atoms. The van der Waals surface area contributed by atoms with E-state index in [-0.39, 0.29) is 25.4 Å². The van der Waals surface area contributed by atoms with Crippen LogP contribution in [0, 0.1) is 5.92 Å². The number of esters is 2. The van der Waals surface area contributed by atoms with E-state index in [0.717, 1.165) is 0 Å². The summed E-state index contributed by atoms with van der Waals surface area (Å²) in [7, 11) is 1.28. The van der Waals surface area contributed by atoms with E-state index in [1.54, 1.807) is 12.1 Å². The van der Waals surface area contributed by atoms with E-state index >= 15 is 0 Å². The van der Waals surface area contributed by atoms with Crippen molar-refractivity contribution >= 4 is 29.4 Å². The lowest BCUT2D eigenvalue weighted by molar-refractivity contribution is -0.151. The summed E-state index contributed by atoms with van der Waals surface area (Å²) < 4.78 is 14.9. The summed E-state index contributed by atoms with van der Waals surface area (Å²) in [6.07, 6.45) is 1.55. The van der Waals surface area contributed by atoms with Crippen LogP contribution in [-0.2, 0) is 30.4 Å². The summed E-state index contributed by atoms with van der Waals surface area (Å²) in [6.45, 7) is 0.0348. The lowest BCUT2D eigenvalue weighted by Gasteiger charge is -2.14. The molecule has 1 aliphatic rings. The molecule has 1 fully saturated rings. The maximum atomic E-state index is 12.2. The maximum absolute atomic E-state index is 12.2. The van der Waals surface area contributed by atoms with Crippen molar-refractivity contribution in [3.05, 3.63) is 54.0 Å². The monoisotopic (exact) mass is 400 g/mol. The van der Waals surface area contributed by atoms with Crippen LogP contribution in [0.15, 0.2) is 47.1 Å². The van der Waals surface area contributed by atoms with Crippen molar-refractivity contribution in [2.75, 3.05) is 25.6 Å². The van der Waals surface area contributed by atoms with E-state index < -0.39 is 30.4 Å². The van der Waals surface area contributed by atoms with Gasteiger partial charge >= 0.3 is 11.9 Å². The van der Waals surface area contributed by atoms with Crippen LogP contribution in [0.25, 0.3) is 0 Å². The molecule has 0 saturated carbocycles. The number of rotatable bonds is 7. The predicted molar refractivity (Wildman–Crippen MR) is 99.6 cm³/mol. The third kappa shape index (κ3) is 5.22. The van der Waals surface area contributed by atoms with Gasteiger partial charge in [-0.15, -0.1) is 0 Å². The number of ether oxygens (including phenoxy) is 2. The van der Waals surface area contributed by atoms with Crippen LogP contribution in [0.2, 0.25) is 0 Å². The van der Waals surface area contributed by atoms with Crippen LogP contribution in [0.3, 0.4) is 0 Å². The van der Waals surface area contributed by atoms with Gasteiger partial charge in [0, 0.05) is 18.7 Å². The number of nitrogens with zero attached hydrogens (tertiary/aromatic N) is 1. The normalized spacial score (nSPS) is 15.8. The van der Waals surface area contributed by atoms with Gasteiger partial charge in [-0.25, -0.2) is 4.79 Å². The second-order valence-electron chi connectivity index (χ2n) is 6.48. The van der Waals surface area contributed by atoms with Gasteiger partial charge < -0.3 is 24.1 Å². The van der Waals surface area contributed by atoms with Crippen molar-refractivity contribution in [1.29, 1.82) is 0 Å². The van der Waals surface area contributed by atoms with E-state index in [2.05, 4.69) is 10.1 Å². The molecule has 2 heterocycles. The Morgan fingerprint density at radius 2 is 1.97 bits per heavy atom. The Kier molecular flexibility index (Phi) is 6.28. The first kappa shape index (κ1) is 20.1. The fourth-order valence-corrected chi connectivity index (χ4v) is 2.93. The molecule has 29 heavy (non-hydrogen) atoms. The quantitative estimate of drug-likeness (QED) is 0.702. The molecule has 1 aromatic carbocycles. The first-order valence-corrected chi connectivity index (χ1v) is 8.91. The number of amides is 2. The molecule has 0 aliphatic carbocycles. The molecular weight excluding hydrogens is 380 g/mol. The fourth-order valence-electron chi connectivity index (χ4n) is 2.93. The smallest absolute Gasteiger partial charge is 0.337 e. The van der Waals surface area contributed by atoms with E-state index in [0.29, 0.717) is 17.0 Å². The highest BCUT2D eigenvalue weighted by Gasteiger charge is 2.35. The van der Waals surface area contributed by atoms with Crippen LogP contribution in [0.4, 0.5) is 5.69 Å². The highest BCUT2D eigenvalue weighted by atomic mass is 16.5. The van der Waals surface area contributed by atoms with Crippen molar-refractivity contribution in [2.45, 2.75) is 13.0 Å². The summed E-state index contributed by atoms with van der Waals surface area (Å²) in [6, 6.07) is 9.56. The van der Waals surface area contributed by atoms with Crippen LogP contribution in [0.5, 0.6) is 0 Å². The number of methoxy groups -OCH3 is 1. The molecule has 1 aliphatic heterocycles. The standard InChI is InChI=1S/C20H20N2O7/c1-27-19(25)13-4-6-15(7-5-13)21-17(23)12-29-20(26)14-9-18(24)22(10-14)11-16-3-2-8-28-16/h2-8,14H,9-12H2,1H3,(H,21,23)/t14-/m0/s1. The Bertz CT molecular complexity index is 890. The van der Waals surface area contributed by atoms with Crippen LogP contribution >= 0.6 is 0 Å². The maximum Gasteiger partial charge on any atom is 0.337 e. The van der Waals surface area contributed by atoms with E-state index in [1.807, 2.05) is 0 Å². The highest BCUT2D eigenvalue weighted by Crippen LogP contribution is 2.21. The molecule has 152 valence electrons. The second-order valence-corrected chi connectivity index (χ2v) is 6.48. The third-order valence-electron chi connectivity index (χ3n) is 4.41. The van der Waals surface area contributed by atoms with E-state index in [9.17, 15) is 19.2 Å². The Morgan fingerprint density at radius 1 is 1.21 bits per heavy atom. The number of carbonyl (C=O) groups is 4. The Hall–Kier alpha value is -3.62. The van der Waals surface area contributed by atoms with Gasteiger partial charge in [-0.3, -0.25) is 14.4 Å². The number of carbonyl (C=O) groups excluding carboxylic acids is 4. The highest BCUT2D eigenvalue weighted by molar-refractivity contribution is 5.95. The minimum atomic E-state index is -0.621. The van der Waals surface area contributed by atoms with Gasteiger partial charge in [-0.1, -0.05) is 0 Å². The predicted octanol–water partition coefficient (Wildman–Crippen LogP) is 1.60. The van der Waals surface area contributed by atoms with Crippen molar-refractivity contribution in [3.63, 3.8) is 0 Å². The third-order valence-corrected chi connectivity index (χ3v) is 4.41. The minimum Gasteiger partial charge on any atom is -0.467 e. The first-order valence-electron chi connectivity index (χ1n) is 8.91. The number of nitrogens with one attached hydrogen (secondary N) is 1. The lowest BCUT2D eigenvalue weighted by Crippen LogP contribution is -2.28. The van der Waals surface area contributed by atoms with E-state index in [4.69, 9.17) is 9.15 Å². The summed E-state index contributed by atoms with van der Waals surface area (Å²) >= 11 is 0. The van der Waals surface area contributed by atoms with Gasteiger partial charge in [-0.05, 0) is 36.4 Å². The minimum absolute atomic E-state index is 0.0378. The molecule has 1 N–H and O–H groups in total. The van der Waals surface area contributed by atoms with Gasteiger partial charge in [0.05, 0.1) is 31.4 Å². The number of likely N-dealkylation sites (tertiary alicyclic amines) is 1. The molecule has 0 bridgehead atoms. The Labute approximate surface area is 166 Å². The molecule has 2 amide bonds. The average Bonchev–Trinajstić information content (AvgIpc) is 3.36. The molecule has 0 radical (unpaired) electrons. The molecule has 9 heteroatoms. The Morgan fingerprint density at radius 3 is 2.62 bits per heavy atom. The topological polar surface area (TPSA) is 115 Å². The second kappa shape index (κ2) is 9.05. The molecule has 0 unspecified atom stereocenters. The number of hydrogen-bond donors (Lipinski definition) is 1. The molecule has 3 rings (SSSR count). The lowest BCUT2D eigenvalue weighted by atomic mass is 10.1. The zero-order chi connectivity index (χ0) is 20.8. The summed E-state index contributed by atoms with van der Waals surface area (Å²) in [5.41, 5.74) is 0.793. The van der Waals surface area contributed by atoms with Crippen molar-refractivity contribution < 1.29 is 33.1 Å². The van der Waals surface area contributed by atoms with Crippen LogP contribution < -0.4 is 5.32 Å². The average molecular weight is 400 g/mol. The van der Waals surface area contributed by atoms with Crippen LogP contribution in [-0.4, -0.2) is 48.9 Å². The van der Waals surface area contributed by atoms with Gasteiger partial charge in [0.15, 0.2) is 6.61 Å². The largest absolute Gasteiger partial charge is 0.467 e. The summed E-state index contributed by atoms with van der Waals surface area (Å²) in [5, 5.41) is 2.56. The number of anilines is 1. The zero-order valence-electron chi connectivity index (χ0n) is 15.8. The van der Waals surface area contributed by atoms with E-state index in [1.165, 1.54) is 42.5 Å². The van der Waals surface area contributed by atoms with Gasteiger partial charge in [-0.2, -0.15) is 0 Å². The van der Waals surface area contributed by atoms with Crippen molar-refractivity contribution in [1.82, 2.24) is 4.90 Å². The number of benzene rings is 1. The number of hydrogen-bond acceptors (Lipinski definition) is 7. The summed E-state index contributed by atoms with van der Waals surface area (Å²) in [4.78, 5) is 49.1. The molecule has 1 saturated heterocycles. The van der Waals surface area contributed by atoms with Gasteiger partial charge in [0.1, 0.15) is 5.76 Å². The molecular formula is C20H20N2O7. The first-order chi connectivity index (χ1) is 14.0. The van der Waals surface area contributed by atoms with Crippen molar-refractivity contribution in [2.24, 2.45) is 5.92 Å². The molecule has 1 aromatic heterocycles. The molecule has 9 nitrogen and oxygen atoms in total. The summed E-state index contributed by atoms with van der Waals surface area (Å²) in [5.74, 6) is -1.77. The van der Waals surface area contributed by atoms with Crippen LogP contribution in [0.1, 0.15) is 22.5 Å². The van der Waals surface area contributed by atoms with Gasteiger partial charge in [0.25, 0.3) is 5.91 Å². The van der Waals surface area contributed by atoms with Crippen molar-refractivity contribution in [3.8, 4) is 0 Å². The SMILES string of the molecule is COC(=O)c1ccc(NC(=O)COC(=O)[C@H]2CC(=O)N(Cc3ccco3)C2)cc1.